The van der Waals surface area contributed by atoms with Crippen LogP contribution in [0.3, 0.4) is 0 Å². The largest absolute Gasteiger partial charge is 0.494 e. The second-order valence-electron chi connectivity index (χ2n) is 6.85. The lowest BCUT2D eigenvalue weighted by Crippen LogP contribution is -2.11. The number of hydrogen-bond acceptors (Lipinski definition) is 2. The summed E-state index contributed by atoms with van der Waals surface area (Å²) in [6.45, 7) is 0.656. The number of amides is 1. The molecule has 1 N–H and O–H groups in total. The first-order valence-electron chi connectivity index (χ1n) is 9.90. The van der Waals surface area contributed by atoms with E-state index in [-0.39, 0.29) is 5.91 Å². The van der Waals surface area contributed by atoms with Crippen LogP contribution in [0.1, 0.15) is 30.4 Å². The molecule has 0 atom stereocenters. The van der Waals surface area contributed by atoms with Gasteiger partial charge in [-0.15, -0.1) is 0 Å². The third kappa shape index (κ3) is 6.92. The summed E-state index contributed by atoms with van der Waals surface area (Å²) in [4.78, 5) is 12.2. The Hall–Kier alpha value is -3.07. The minimum atomic E-state index is 0.0390. The van der Waals surface area contributed by atoms with Crippen molar-refractivity contribution in [3.05, 3.63) is 96.1 Å². The molecule has 0 aliphatic rings. The van der Waals surface area contributed by atoms with Gasteiger partial charge in [-0.3, -0.25) is 4.79 Å². The Kier molecular flexibility index (Phi) is 7.68. The molecule has 0 aliphatic heterocycles. The van der Waals surface area contributed by atoms with Gasteiger partial charge < -0.3 is 10.1 Å². The number of hydrogen-bond donors (Lipinski definition) is 1. The van der Waals surface area contributed by atoms with Crippen LogP contribution in [0.15, 0.2) is 84.9 Å². The lowest BCUT2D eigenvalue weighted by Gasteiger charge is -2.09. The quantitative estimate of drug-likeness (QED) is 0.466. The SMILES string of the molecule is O=C(CCCc1ccccc1)Nc1cccc(OCCCc2ccccc2)c1. The van der Waals surface area contributed by atoms with Gasteiger partial charge in [0.2, 0.25) is 5.91 Å². The third-order valence-corrected chi connectivity index (χ3v) is 4.55. The van der Waals surface area contributed by atoms with Crippen LogP contribution in [0.5, 0.6) is 5.75 Å². The number of rotatable bonds is 10. The minimum Gasteiger partial charge on any atom is -0.494 e. The van der Waals surface area contributed by atoms with E-state index in [1.54, 1.807) is 0 Å². The van der Waals surface area contributed by atoms with E-state index in [0.717, 1.165) is 37.1 Å². The normalized spacial score (nSPS) is 10.4. The number of ether oxygens (including phenoxy) is 1. The van der Waals surface area contributed by atoms with Crippen LogP contribution in [0.2, 0.25) is 0 Å². The van der Waals surface area contributed by atoms with Crippen LogP contribution in [0.25, 0.3) is 0 Å². The fourth-order valence-electron chi connectivity index (χ4n) is 3.10. The molecule has 1 amide bonds. The molecule has 3 aromatic carbocycles. The standard InChI is InChI=1S/C25H27NO2/c27-25(18-7-14-21-10-3-1-4-11-21)26-23-16-8-17-24(20-23)28-19-9-15-22-12-5-2-6-13-22/h1-6,8,10-13,16-17,20H,7,9,14-15,18-19H2,(H,26,27). The van der Waals surface area contributed by atoms with Crippen molar-refractivity contribution in [1.82, 2.24) is 0 Å². The van der Waals surface area contributed by atoms with Gasteiger partial charge in [0.25, 0.3) is 0 Å². The van der Waals surface area contributed by atoms with Crippen molar-refractivity contribution in [2.45, 2.75) is 32.1 Å². The highest BCUT2D eigenvalue weighted by Crippen LogP contribution is 2.18. The van der Waals surface area contributed by atoms with Crippen molar-refractivity contribution in [2.24, 2.45) is 0 Å². The van der Waals surface area contributed by atoms with Gasteiger partial charge in [0.1, 0.15) is 5.75 Å². The summed E-state index contributed by atoms with van der Waals surface area (Å²) < 4.78 is 5.84. The van der Waals surface area contributed by atoms with E-state index in [0.29, 0.717) is 13.0 Å². The second kappa shape index (κ2) is 10.9. The van der Waals surface area contributed by atoms with Crippen molar-refractivity contribution >= 4 is 11.6 Å². The molecule has 0 fully saturated rings. The Balaban J connectivity index is 1.38. The van der Waals surface area contributed by atoms with Crippen LogP contribution in [0, 0.1) is 0 Å². The molecule has 3 aromatic rings. The van der Waals surface area contributed by atoms with Gasteiger partial charge in [0.15, 0.2) is 0 Å². The van der Waals surface area contributed by atoms with Crippen molar-refractivity contribution in [3.8, 4) is 5.75 Å². The molecular formula is C25H27NO2. The molecule has 0 saturated carbocycles. The summed E-state index contributed by atoms with van der Waals surface area (Å²) in [7, 11) is 0. The first-order valence-corrected chi connectivity index (χ1v) is 9.90. The smallest absolute Gasteiger partial charge is 0.224 e. The van der Waals surface area contributed by atoms with E-state index in [2.05, 4.69) is 41.7 Å². The van der Waals surface area contributed by atoms with Crippen molar-refractivity contribution in [3.63, 3.8) is 0 Å². The Morgan fingerprint density at radius 3 is 2.07 bits per heavy atom. The minimum absolute atomic E-state index is 0.0390. The van der Waals surface area contributed by atoms with Crippen LogP contribution >= 0.6 is 0 Å². The molecule has 3 heteroatoms. The van der Waals surface area contributed by atoms with E-state index in [1.807, 2.05) is 48.5 Å². The molecule has 0 aromatic heterocycles. The van der Waals surface area contributed by atoms with Gasteiger partial charge in [-0.05, 0) is 48.9 Å². The molecule has 0 heterocycles. The van der Waals surface area contributed by atoms with Crippen LogP contribution < -0.4 is 10.1 Å². The molecule has 144 valence electrons. The Labute approximate surface area is 167 Å². The molecule has 28 heavy (non-hydrogen) atoms. The number of carbonyl (C=O) groups excluding carboxylic acids is 1. The van der Waals surface area contributed by atoms with Crippen LogP contribution in [0.4, 0.5) is 5.69 Å². The van der Waals surface area contributed by atoms with E-state index in [9.17, 15) is 4.79 Å². The molecule has 0 saturated heterocycles. The molecule has 3 rings (SSSR count). The number of carbonyl (C=O) groups is 1. The topological polar surface area (TPSA) is 38.3 Å². The summed E-state index contributed by atoms with van der Waals surface area (Å²) in [6, 6.07) is 28.3. The molecule has 0 unspecified atom stereocenters. The summed E-state index contributed by atoms with van der Waals surface area (Å²) in [5.74, 6) is 0.826. The number of nitrogens with one attached hydrogen (secondary N) is 1. The molecule has 0 radical (unpaired) electrons. The third-order valence-electron chi connectivity index (χ3n) is 4.55. The molecule has 0 aliphatic carbocycles. The maximum absolute atomic E-state index is 12.2. The van der Waals surface area contributed by atoms with E-state index in [4.69, 9.17) is 4.74 Å². The van der Waals surface area contributed by atoms with Crippen molar-refractivity contribution < 1.29 is 9.53 Å². The zero-order valence-corrected chi connectivity index (χ0v) is 16.1. The lowest BCUT2D eigenvalue weighted by atomic mass is 10.1. The van der Waals surface area contributed by atoms with Crippen LogP contribution in [-0.4, -0.2) is 12.5 Å². The Bertz CT molecular complexity index is 847. The van der Waals surface area contributed by atoms with Gasteiger partial charge in [0.05, 0.1) is 6.61 Å². The van der Waals surface area contributed by atoms with Gasteiger partial charge >= 0.3 is 0 Å². The average molecular weight is 373 g/mol. The highest BCUT2D eigenvalue weighted by molar-refractivity contribution is 5.90. The fraction of sp³-hybridized carbons (Fsp3) is 0.240. The molecule has 3 nitrogen and oxygen atoms in total. The monoisotopic (exact) mass is 373 g/mol. The maximum atomic E-state index is 12.2. The highest BCUT2D eigenvalue weighted by atomic mass is 16.5. The van der Waals surface area contributed by atoms with Gasteiger partial charge in [-0.25, -0.2) is 0 Å². The van der Waals surface area contributed by atoms with E-state index >= 15 is 0 Å². The predicted molar refractivity (Wildman–Crippen MR) is 115 cm³/mol. The summed E-state index contributed by atoms with van der Waals surface area (Å²) in [6.07, 6.45) is 4.22. The highest BCUT2D eigenvalue weighted by Gasteiger charge is 2.04. The van der Waals surface area contributed by atoms with Gasteiger partial charge in [-0.2, -0.15) is 0 Å². The maximum Gasteiger partial charge on any atom is 0.224 e. The summed E-state index contributed by atoms with van der Waals surface area (Å²) in [5.41, 5.74) is 3.37. The molecule has 0 bridgehead atoms. The van der Waals surface area contributed by atoms with Crippen LogP contribution in [-0.2, 0) is 17.6 Å². The molecule has 0 spiro atoms. The second-order valence-corrected chi connectivity index (χ2v) is 6.85. The van der Waals surface area contributed by atoms with E-state index < -0.39 is 0 Å². The summed E-state index contributed by atoms with van der Waals surface area (Å²) >= 11 is 0. The Morgan fingerprint density at radius 2 is 1.39 bits per heavy atom. The Morgan fingerprint density at radius 1 is 0.750 bits per heavy atom. The number of anilines is 1. The van der Waals surface area contributed by atoms with Gasteiger partial charge in [0, 0.05) is 18.2 Å². The average Bonchev–Trinajstić information content (AvgIpc) is 2.73. The summed E-state index contributed by atoms with van der Waals surface area (Å²) in [5, 5.41) is 2.97. The van der Waals surface area contributed by atoms with Crippen molar-refractivity contribution in [1.29, 1.82) is 0 Å². The first-order chi connectivity index (χ1) is 13.8. The molecular weight excluding hydrogens is 346 g/mol. The predicted octanol–water partition coefficient (Wildman–Crippen LogP) is 5.66. The van der Waals surface area contributed by atoms with Crippen molar-refractivity contribution in [2.75, 3.05) is 11.9 Å². The first kappa shape index (κ1) is 19.7. The zero-order chi connectivity index (χ0) is 19.4. The van der Waals surface area contributed by atoms with Gasteiger partial charge in [-0.1, -0.05) is 66.7 Å². The number of benzene rings is 3. The zero-order valence-electron chi connectivity index (χ0n) is 16.1. The van der Waals surface area contributed by atoms with E-state index in [1.165, 1.54) is 11.1 Å². The fourth-order valence-corrected chi connectivity index (χ4v) is 3.10. The lowest BCUT2D eigenvalue weighted by molar-refractivity contribution is -0.116. The number of aryl methyl sites for hydroxylation is 2.